The molecule has 2 aliphatic carbocycles. The summed E-state index contributed by atoms with van der Waals surface area (Å²) in [6.45, 7) is 6.85. The van der Waals surface area contributed by atoms with Crippen molar-refractivity contribution in [2.45, 2.75) is 70.9 Å². The van der Waals surface area contributed by atoms with Crippen molar-refractivity contribution in [3.63, 3.8) is 0 Å². The number of fused-ring (bicyclic) bond motifs is 1. The molecule has 1 aromatic rings. The number of aliphatic hydroxyl groups excluding tert-OH is 1. The van der Waals surface area contributed by atoms with Crippen LogP contribution in [0.2, 0.25) is 0 Å². The lowest BCUT2D eigenvalue weighted by molar-refractivity contribution is 0.0866. The molecule has 2 heteroatoms. The summed E-state index contributed by atoms with van der Waals surface area (Å²) in [4.78, 5) is 0. The highest BCUT2D eigenvalue weighted by Gasteiger charge is 2.41. The number of hydrogen-bond acceptors (Lipinski definition) is 1. The molecule has 0 saturated heterocycles. The molecule has 1 N–H and O–H groups in total. The van der Waals surface area contributed by atoms with E-state index in [1.165, 1.54) is 36.9 Å². The third-order valence-electron chi connectivity index (χ3n) is 5.23. The summed E-state index contributed by atoms with van der Waals surface area (Å²) < 4.78 is 2.51. The Morgan fingerprint density at radius 3 is 2.67 bits per heavy atom. The fourth-order valence-electron chi connectivity index (χ4n) is 3.92. The molecule has 0 aromatic carbocycles. The topological polar surface area (TPSA) is 25.2 Å². The third-order valence-corrected chi connectivity index (χ3v) is 5.23. The van der Waals surface area contributed by atoms with E-state index in [1.807, 2.05) is 0 Å². The van der Waals surface area contributed by atoms with Crippen LogP contribution in [0.25, 0.3) is 0 Å². The Labute approximate surface area is 110 Å². The zero-order valence-corrected chi connectivity index (χ0v) is 11.9. The average molecular weight is 247 g/mol. The van der Waals surface area contributed by atoms with Gasteiger partial charge in [0, 0.05) is 23.0 Å². The minimum atomic E-state index is -0.265. The van der Waals surface area contributed by atoms with Crippen molar-refractivity contribution in [1.29, 1.82) is 0 Å². The van der Waals surface area contributed by atoms with Gasteiger partial charge in [-0.05, 0) is 50.0 Å². The molecule has 0 aliphatic heterocycles. The summed E-state index contributed by atoms with van der Waals surface area (Å²) >= 11 is 0. The standard InChI is InChI=1S/C16H25NO/c1-4-16(7-5-8-16)17-9-6-12-13(17)10-15(2,3)11-14(12)18/h6,9,14,18H,4-5,7-8,10-11H2,1-3H3. The molecule has 0 amide bonds. The maximum atomic E-state index is 10.3. The fraction of sp³-hybridized carbons (Fsp3) is 0.750. The Morgan fingerprint density at radius 1 is 1.39 bits per heavy atom. The average Bonchev–Trinajstić information content (AvgIpc) is 2.60. The SMILES string of the molecule is CCC1(n2ccc3c2CC(C)(C)CC3O)CCC1. The summed E-state index contributed by atoms with van der Waals surface area (Å²) in [5, 5.41) is 10.3. The van der Waals surface area contributed by atoms with Crippen LogP contribution in [0.1, 0.15) is 70.2 Å². The van der Waals surface area contributed by atoms with Crippen molar-refractivity contribution in [2.75, 3.05) is 0 Å². The van der Waals surface area contributed by atoms with Gasteiger partial charge in [0.1, 0.15) is 0 Å². The van der Waals surface area contributed by atoms with Crippen molar-refractivity contribution in [3.8, 4) is 0 Å². The van der Waals surface area contributed by atoms with Gasteiger partial charge in [-0.3, -0.25) is 0 Å². The predicted octanol–water partition coefficient (Wildman–Crippen LogP) is 3.78. The summed E-state index contributed by atoms with van der Waals surface area (Å²) in [6.07, 6.45) is 9.15. The first-order chi connectivity index (χ1) is 8.47. The van der Waals surface area contributed by atoms with Gasteiger partial charge < -0.3 is 9.67 Å². The first-order valence-corrected chi connectivity index (χ1v) is 7.36. The number of rotatable bonds is 2. The summed E-state index contributed by atoms with van der Waals surface area (Å²) in [7, 11) is 0. The molecule has 18 heavy (non-hydrogen) atoms. The minimum Gasteiger partial charge on any atom is -0.388 e. The second-order valence-corrected chi connectivity index (χ2v) is 7.08. The van der Waals surface area contributed by atoms with Gasteiger partial charge in [0.15, 0.2) is 0 Å². The van der Waals surface area contributed by atoms with E-state index in [2.05, 4.69) is 37.6 Å². The normalized spacial score (nSPS) is 28.6. The number of aromatic nitrogens is 1. The van der Waals surface area contributed by atoms with Gasteiger partial charge in [-0.2, -0.15) is 0 Å². The van der Waals surface area contributed by atoms with Crippen LogP contribution in [0.15, 0.2) is 12.3 Å². The minimum absolute atomic E-state index is 0.223. The van der Waals surface area contributed by atoms with E-state index in [0.717, 1.165) is 12.8 Å². The lowest BCUT2D eigenvalue weighted by Crippen LogP contribution is -2.42. The molecule has 100 valence electrons. The van der Waals surface area contributed by atoms with Gasteiger partial charge in [0.2, 0.25) is 0 Å². The Hall–Kier alpha value is -0.760. The molecular formula is C16H25NO. The molecular weight excluding hydrogens is 222 g/mol. The highest BCUT2D eigenvalue weighted by Crippen LogP contribution is 2.48. The highest BCUT2D eigenvalue weighted by molar-refractivity contribution is 5.31. The first-order valence-electron chi connectivity index (χ1n) is 7.36. The molecule has 1 unspecified atom stereocenters. The maximum Gasteiger partial charge on any atom is 0.0812 e. The number of aliphatic hydroxyl groups is 1. The first kappa shape index (κ1) is 12.3. The molecule has 0 bridgehead atoms. The van der Waals surface area contributed by atoms with Crippen LogP contribution in [0.3, 0.4) is 0 Å². The van der Waals surface area contributed by atoms with E-state index in [1.54, 1.807) is 0 Å². The van der Waals surface area contributed by atoms with Crippen LogP contribution in [0.4, 0.5) is 0 Å². The predicted molar refractivity (Wildman–Crippen MR) is 73.6 cm³/mol. The molecule has 1 atom stereocenters. The van der Waals surface area contributed by atoms with Gasteiger partial charge in [-0.25, -0.2) is 0 Å². The van der Waals surface area contributed by atoms with E-state index < -0.39 is 0 Å². The van der Waals surface area contributed by atoms with Gasteiger partial charge in [0.05, 0.1) is 6.10 Å². The Bertz CT molecular complexity index is 448. The second-order valence-electron chi connectivity index (χ2n) is 7.08. The second kappa shape index (κ2) is 3.86. The lowest BCUT2D eigenvalue weighted by atomic mass is 9.72. The van der Waals surface area contributed by atoms with Crippen LogP contribution < -0.4 is 0 Å². The van der Waals surface area contributed by atoms with Crippen molar-refractivity contribution >= 4 is 0 Å². The summed E-state index contributed by atoms with van der Waals surface area (Å²) in [5.41, 5.74) is 3.18. The van der Waals surface area contributed by atoms with Gasteiger partial charge in [-0.15, -0.1) is 0 Å². The van der Waals surface area contributed by atoms with Crippen LogP contribution in [-0.2, 0) is 12.0 Å². The monoisotopic (exact) mass is 247 g/mol. The number of nitrogens with zero attached hydrogens (tertiary/aromatic N) is 1. The molecule has 1 saturated carbocycles. The van der Waals surface area contributed by atoms with E-state index in [0.29, 0.717) is 5.54 Å². The largest absolute Gasteiger partial charge is 0.388 e. The van der Waals surface area contributed by atoms with Gasteiger partial charge in [-0.1, -0.05) is 20.8 Å². The lowest BCUT2D eigenvalue weighted by Gasteiger charge is -2.46. The van der Waals surface area contributed by atoms with Crippen LogP contribution in [-0.4, -0.2) is 9.67 Å². The summed E-state index contributed by atoms with van der Waals surface area (Å²) in [5.74, 6) is 0. The Morgan fingerprint density at radius 2 is 2.11 bits per heavy atom. The Kier molecular flexibility index (Phi) is 2.64. The molecule has 1 fully saturated rings. The zero-order valence-electron chi connectivity index (χ0n) is 11.9. The molecule has 1 aromatic heterocycles. The van der Waals surface area contributed by atoms with Crippen molar-refractivity contribution in [1.82, 2.24) is 4.57 Å². The van der Waals surface area contributed by atoms with Crippen LogP contribution >= 0.6 is 0 Å². The molecule has 2 aliphatic rings. The van der Waals surface area contributed by atoms with Gasteiger partial charge in [0.25, 0.3) is 0 Å². The maximum absolute atomic E-state index is 10.3. The number of hydrogen-bond donors (Lipinski definition) is 1. The summed E-state index contributed by atoms with van der Waals surface area (Å²) in [6, 6.07) is 2.16. The molecule has 1 heterocycles. The van der Waals surface area contributed by atoms with Crippen LogP contribution in [0.5, 0.6) is 0 Å². The Balaban J connectivity index is 2.04. The van der Waals surface area contributed by atoms with E-state index in [-0.39, 0.29) is 11.5 Å². The van der Waals surface area contributed by atoms with Crippen molar-refractivity contribution < 1.29 is 5.11 Å². The highest BCUT2D eigenvalue weighted by atomic mass is 16.3. The van der Waals surface area contributed by atoms with E-state index >= 15 is 0 Å². The molecule has 0 spiro atoms. The van der Waals surface area contributed by atoms with Crippen molar-refractivity contribution in [2.24, 2.45) is 5.41 Å². The smallest absolute Gasteiger partial charge is 0.0812 e. The zero-order chi connectivity index (χ0) is 13.0. The third kappa shape index (κ3) is 1.65. The quantitative estimate of drug-likeness (QED) is 0.845. The van der Waals surface area contributed by atoms with E-state index in [4.69, 9.17) is 0 Å². The van der Waals surface area contributed by atoms with Crippen molar-refractivity contribution in [3.05, 3.63) is 23.5 Å². The fourth-order valence-corrected chi connectivity index (χ4v) is 3.92. The van der Waals surface area contributed by atoms with Gasteiger partial charge >= 0.3 is 0 Å². The van der Waals surface area contributed by atoms with E-state index in [9.17, 15) is 5.11 Å². The van der Waals surface area contributed by atoms with Crippen LogP contribution in [0, 0.1) is 5.41 Å². The molecule has 3 rings (SSSR count). The molecule has 0 radical (unpaired) electrons. The molecule has 2 nitrogen and oxygen atoms in total.